The van der Waals surface area contributed by atoms with E-state index in [0.29, 0.717) is 18.8 Å². The second-order valence-electron chi connectivity index (χ2n) is 9.75. The van der Waals surface area contributed by atoms with Gasteiger partial charge in [0.25, 0.3) is 5.91 Å². The molecule has 35 heavy (non-hydrogen) atoms. The summed E-state index contributed by atoms with van der Waals surface area (Å²) in [4.78, 5) is 36.0. The van der Waals surface area contributed by atoms with Crippen molar-refractivity contribution in [1.82, 2.24) is 20.3 Å². The van der Waals surface area contributed by atoms with Crippen molar-refractivity contribution in [2.45, 2.75) is 45.8 Å². The van der Waals surface area contributed by atoms with E-state index in [9.17, 15) is 9.59 Å². The average molecular weight is 477 g/mol. The Labute approximate surface area is 208 Å². The number of fused-ring (bicyclic) bond motifs is 1. The monoisotopic (exact) mass is 476 g/mol. The Balaban J connectivity index is 1.35. The fraction of sp³-hybridized carbons (Fsp3) is 0.393. The quantitative estimate of drug-likeness (QED) is 0.313. The molecule has 2 aromatic carbocycles. The zero-order valence-corrected chi connectivity index (χ0v) is 21.2. The lowest BCUT2D eigenvalue weighted by Crippen LogP contribution is -2.33. The standard InChI is InChI=1S/C28H36N4O3/c1-28(2,3)35-32(21-33)20-23-13-11-22(12-14-23)8-7-18-31(4)19-17-29-27(34)26-16-15-24-9-5-6-10-25(24)30-26/h5-6,9-16,21H,7-8,17-20H2,1-4H3,(H,29,34). The predicted octanol–water partition coefficient (Wildman–Crippen LogP) is 4.22. The van der Waals surface area contributed by atoms with Crippen LogP contribution in [0.2, 0.25) is 0 Å². The Bertz CT molecular complexity index is 1110. The van der Waals surface area contributed by atoms with Gasteiger partial charge in [-0.2, -0.15) is 0 Å². The highest BCUT2D eigenvalue weighted by Gasteiger charge is 2.16. The van der Waals surface area contributed by atoms with Gasteiger partial charge < -0.3 is 10.2 Å². The maximum atomic E-state index is 12.4. The van der Waals surface area contributed by atoms with Crippen LogP contribution in [0.1, 0.15) is 48.8 Å². The molecule has 2 amide bonds. The number of pyridine rings is 1. The number of hydrogen-bond acceptors (Lipinski definition) is 5. The van der Waals surface area contributed by atoms with Crippen LogP contribution in [-0.2, 0) is 22.6 Å². The third-order valence-electron chi connectivity index (χ3n) is 5.49. The number of nitrogens with zero attached hydrogens (tertiary/aromatic N) is 3. The van der Waals surface area contributed by atoms with Gasteiger partial charge in [0.05, 0.1) is 17.7 Å². The molecule has 0 saturated carbocycles. The van der Waals surface area contributed by atoms with Crippen molar-refractivity contribution in [1.29, 1.82) is 0 Å². The van der Waals surface area contributed by atoms with Gasteiger partial charge in [0.2, 0.25) is 6.41 Å². The lowest BCUT2D eigenvalue weighted by Gasteiger charge is -2.26. The minimum atomic E-state index is -0.414. The first kappa shape index (κ1) is 26.3. The number of benzene rings is 2. The second kappa shape index (κ2) is 12.4. The summed E-state index contributed by atoms with van der Waals surface area (Å²) in [5.74, 6) is -0.148. The van der Waals surface area contributed by atoms with Gasteiger partial charge in [0, 0.05) is 18.5 Å². The van der Waals surface area contributed by atoms with Crippen LogP contribution in [-0.4, -0.2) is 59.5 Å². The summed E-state index contributed by atoms with van der Waals surface area (Å²) in [6, 6.07) is 19.8. The third kappa shape index (κ3) is 8.77. The molecule has 0 bridgehead atoms. The van der Waals surface area contributed by atoms with E-state index >= 15 is 0 Å². The molecule has 0 aliphatic rings. The normalized spacial score (nSPS) is 11.6. The van der Waals surface area contributed by atoms with E-state index in [2.05, 4.69) is 34.4 Å². The first-order valence-electron chi connectivity index (χ1n) is 12.0. The third-order valence-corrected chi connectivity index (χ3v) is 5.49. The maximum absolute atomic E-state index is 12.4. The van der Waals surface area contributed by atoms with Crippen LogP contribution in [0.25, 0.3) is 10.9 Å². The number of carbonyl (C=O) groups is 2. The Morgan fingerprint density at radius 3 is 2.43 bits per heavy atom. The number of carbonyl (C=O) groups excluding carboxylic acids is 2. The molecule has 0 radical (unpaired) electrons. The maximum Gasteiger partial charge on any atom is 0.269 e. The fourth-order valence-electron chi connectivity index (χ4n) is 3.74. The Morgan fingerprint density at radius 2 is 1.71 bits per heavy atom. The summed E-state index contributed by atoms with van der Waals surface area (Å²) >= 11 is 0. The summed E-state index contributed by atoms with van der Waals surface area (Å²) in [5.41, 5.74) is 3.13. The van der Waals surface area contributed by atoms with Crippen molar-refractivity contribution < 1.29 is 14.4 Å². The van der Waals surface area contributed by atoms with Crippen molar-refractivity contribution in [2.24, 2.45) is 0 Å². The molecular weight excluding hydrogens is 440 g/mol. The summed E-state index contributed by atoms with van der Waals surface area (Å²) in [5, 5.41) is 5.32. The number of likely N-dealkylation sites (N-methyl/N-ethyl adjacent to an activating group) is 1. The molecule has 1 aromatic heterocycles. The molecule has 0 unspecified atom stereocenters. The van der Waals surface area contributed by atoms with Gasteiger partial charge in [-0.15, -0.1) is 0 Å². The summed E-state index contributed by atoms with van der Waals surface area (Å²) in [7, 11) is 2.06. The molecule has 0 fully saturated rings. The number of amides is 2. The number of aryl methyl sites for hydroxylation is 1. The van der Waals surface area contributed by atoms with Gasteiger partial charge in [-0.3, -0.25) is 14.4 Å². The number of rotatable bonds is 12. The topological polar surface area (TPSA) is 74.8 Å². The van der Waals surface area contributed by atoms with Crippen molar-refractivity contribution in [3.63, 3.8) is 0 Å². The lowest BCUT2D eigenvalue weighted by molar-refractivity contribution is -0.220. The van der Waals surface area contributed by atoms with Crippen LogP contribution in [0.4, 0.5) is 0 Å². The van der Waals surface area contributed by atoms with Crippen LogP contribution in [0, 0.1) is 0 Å². The molecule has 0 atom stereocenters. The van der Waals surface area contributed by atoms with Crippen molar-refractivity contribution >= 4 is 23.2 Å². The highest BCUT2D eigenvalue weighted by atomic mass is 16.7. The van der Waals surface area contributed by atoms with Crippen molar-refractivity contribution in [2.75, 3.05) is 26.7 Å². The van der Waals surface area contributed by atoms with Gasteiger partial charge in [-0.05, 0) is 70.5 Å². The first-order valence-corrected chi connectivity index (χ1v) is 12.0. The molecule has 186 valence electrons. The Hall–Kier alpha value is -3.29. The summed E-state index contributed by atoms with van der Waals surface area (Å²) in [6.45, 7) is 8.45. The van der Waals surface area contributed by atoms with E-state index in [0.717, 1.165) is 48.8 Å². The smallest absolute Gasteiger partial charge is 0.269 e. The molecule has 1 heterocycles. The molecule has 1 N–H and O–H groups in total. The van der Waals surface area contributed by atoms with Crippen LogP contribution in [0.5, 0.6) is 0 Å². The Kier molecular flexibility index (Phi) is 9.34. The fourth-order valence-corrected chi connectivity index (χ4v) is 3.74. The van der Waals surface area contributed by atoms with Gasteiger partial charge in [0.1, 0.15) is 5.69 Å². The molecule has 0 aliphatic heterocycles. The first-order chi connectivity index (χ1) is 16.7. The minimum absolute atomic E-state index is 0.148. The van der Waals surface area contributed by atoms with E-state index in [1.165, 1.54) is 10.6 Å². The highest BCUT2D eigenvalue weighted by Crippen LogP contribution is 2.14. The summed E-state index contributed by atoms with van der Waals surface area (Å²) in [6.07, 6.45) is 2.70. The minimum Gasteiger partial charge on any atom is -0.349 e. The van der Waals surface area contributed by atoms with E-state index in [1.54, 1.807) is 6.07 Å². The number of hydrogen-bond donors (Lipinski definition) is 1. The molecule has 3 aromatic rings. The molecule has 7 nitrogen and oxygen atoms in total. The van der Waals surface area contributed by atoms with Crippen LogP contribution >= 0.6 is 0 Å². The number of aromatic nitrogens is 1. The van der Waals surface area contributed by atoms with Crippen LogP contribution in [0.15, 0.2) is 60.7 Å². The van der Waals surface area contributed by atoms with Crippen molar-refractivity contribution in [3.8, 4) is 0 Å². The van der Waals surface area contributed by atoms with Gasteiger partial charge >= 0.3 is 0 Å². The largest absolute Gasteiger partial charge is 0.349 e. The van der Waals surface area contributed by atoms with Gasteiger partial charge in [-0.25, -0.2) is 10.0 Å². The van der Waals surface area contributed by atoms with Crippen LogP contribution in [0.3, 0.4) is 0 Å². The Morgan fingerprint density at radius 1 is 1.00 bits per heavy atom. The summed E-state index contributed by atoms with van der Waals surface area (Å²) < 4.78 is 0. The molecule has 3 rings (SSSR count). The van der Waals surface area contributed by atoms with E-state index < -0.39 is 5.60 Å². The SMILES string of the molecule is CN(CCCc1ccc(CN(C=O)OC(C)(C)C)cc1)CCNC(=O)c1ccc2ccccc2n1. The van der Waals surface area contributed by atoms with Crippen molar-refractivity contribution in [3.05, 3.63) is 77.5 Å². The molecule has 0 aliphatic carbocycles. The molecule has 7 heteroatoms. The zero-order valence-electron chi connectivity index (χ0n) is 21.2. The highest BCUT2D eigenvalue weighted by molar-refractivity contribution is 5.94. The molecule has 0 saturated heterocycles. The molecule has 0 spiro atoms. The second-order valence-corrected chi connectivity index (χ2v) is 9.75. The number of hydroxylamine groups is 2. The number of para-hydroxylation sites is 1. The predicted molar refractivity (Wildman–Crippen MR) is 139 cm³/mol. The van der Waals surface area contributed by atoms with E-state index in [1.807, 2.05) is 63.2 Å². The zero-order chi connectivity index (χ0) is 25.3. The van der Waals surface area contributed by atoms with Gasteiger partial charge in [0.15, 0.2) is 0 Å². The van der Waals surface area contributed by atoms with E-state index in [4.69, 9.17) is 4.84 Å². The van der Waals surface area contributed by atoms with Gasteiger partial charge in [-0.1, -0.05) is 48.5 Å². The molecular formula is C28H36N4O3. The van der Waals surface area contributed by atoms with Crippen LogP contribution < -0.4 is 5.32 Å². The average Bonchev–Trinajstić information content (AvgIpc) is 2.83. The van der Waals surface area contributed by atoms with E-state index in [-0.39, 0.29) is 5.91 Å². The number of nitrogens with one attached hydrogen (secondary N) is 1. The lowest BCUT2D eigenvalue weighted by atomic mass is 10.1.